The van der Waals surface area contributed by atoms with Gasteiger partial charge in [0.2, 0.25) is 5.78 Å². The molecule has 0 spiro atoms. The van der Waals surface area contributed by atoms with E-state index in [9.17, 15) is 40.5 Å². The van der Waals surface area contributed by atoms with Crippen molar-refractivity contribution in [3.63, 3.8) is 0 Å². The Bertz CT molecular complexity index is 928. The van der Waals surface area contributed by atoms with Gasteiger partial charge in [-0.1, -0.05) is 6.08 Å². The molecule has 4 aliphatic rings. The first kappa shape index (κ1) is 25.3. The molecule has 0 aliphatic heterocycles. The van der Waals surface area contributed by atoms with E-state index in [1.165, 1.54) is 6.08 Å². The second-order valence-corrected chi connectivity index (χ2v) is 10.6. The van der Waals surface area contributed by atoms with E-state index in [-0.39, 0.29) is 36.4 Å². The number of carbonyl (C=O) groups is 1. The highest BCUT2D eigenvalue weighted by atomic mass is 16.4. The molecule has 10 atom stereocenters. The molecule has 9 N–H and O–H groups in total. The van der Waals surface area contributed by atoms with Crippen LogP contribution in [0.15, 0.2) is 34.8 Å². The Morgan fingerprint density at radius 1 is 1.21 bits per heavy atom. The topological polar surface area (TPSA) is 188 Å². The van der Waals surface area contributed by atoms with E-state index >= 15 is 0 Å². The van der Waals surface area contributed by atoms with Gasteiger partial charge in [0, 0.05) is 36.3 Å². The van der Waals surface area contributed by atoms with Gasteiger partial charge in [0.05, 0.1) is 23.9 Å². The van der Waals surface area contributed by atoms with Gasteiger partial charge >= 0.3 is 0 Å². The van der Waals surface area contributed by atoms with Crippen molar-refractivity contribution in [2.75, 3.05) is 20.6 Å². The van der Waals surface area contributed by atoms with Crippen molar-refractivity contribution in [1.82, 2.24) is 4.90 Å². The molecular formula is C24H36N2O8. The number of aliphatic hydroxyl groups excluding tert-OH is 6. The molecule has 10 nitrogen and oxygen atoms in total. The number of rotatable bonds is 5. The third-order valence-electron chi connectivity index (χ3n) is 8.42. The second kappa shape index (κ2) is 9.02. The van der Waals surface area contributed by atoms with Crippen LogP contribution in [0.5, 0.6) is 0 Å². The smallest absolute Gasteiger partial charge is 0.200 e. The van der Waals surface area contributed by atoms with E-state index in [1.54, 1.807) is 6.08 Å². The third kappa shape index (κ3) is 3.81. The summed E-state index contributed by atoms with van der Waals surface area (Å²) in [6.07, 6.45) is -1.38. The number of nitrogens with two attached hydrogens (primary N) is 1. The maximum atomic E-state index is 13.1. The lowest BCUT2D eigenvalue weighted by molar-refractivity contribution is -0.204. The normalized spacial score (nSPS) is 41.8. The molecule has 0 bridgehead atoms. The van der Waals surface area contributed by atoms with Crippen molar-refractivity contribution >= 4 is 5.78 Å². The van der Waals surface area contributed by atoms with Gasteiger partial charge in [0.25, 0.3) is 0 Å². The summed E-state index contributed by atoms with van der Waals surface area (Å²) in [4.78, 5) is 15.0. The van der Waals surface area contributed by atoms with Gasteiger partial charge in [-0.05, 0) is 51.3 Å². The van der Waals surface area contributed by atoms with Crippen molar-refractivity contribution < 1.29 is 40.5 Å². The summed E-state index contributed by atoms with van der Waals surface area (Å²) in [5.74, 6) is -4.44. The number of aliphatic hydroxyl groups is 7. The molecule has 0 aromatic rings. The molecule has 34 heavy (non-hydrogen) atoms. The standard InChI is InChI=1S/C24H36N2O8/c1-26(2)6-5-14(27)12-3-4-15(28)18-13(12)8-10-7-11-9-16(29)19(23(25)33)22(32)24(11,34)21(31)17(10)20(18)30/h3-4,10-14,17,20-21,23,27-31,33-34H,5-9,25H2,1-2H3/t10-,11+,12?,13?,14?,17?,20?,21?,23?,24+/m1/s1. The van der Waals surface area contributed by atoms with Crippen LogP contribution in [0.4, 0.5) is 0 Å². The zero-order chi connectivity index (χ0) is 25.1. The molecule has 0 radical (unpaired) electrons. The van der Waals surface area contributed by atoms with Gasteiger partial charge < -0.3 is 46.4 Å². The maximum absolute atomic E-state index is 13.1. The highest BCUT2D eigenvalue weighted by Gasteiger charge is 2.64. The van der Waals surface area contributed by atoms with Crippen molar-refractivity contribution in [1.29, 1.82) is 0 Å². The third-order valence-corrected chi connectivity index (χ3v) is 8.42. The first-order valence-electron chi connectivity index (χ1n) is 11.8. The average molecular weight is 481 g/mol. The number of hydrogen-bond donors (Lipinski definition) is 8. The Labute approximate surface area is 198 Å². The molecular weight excluding hydrogens is 444 g/mol. The number of nitrogens with zero attached hydrogens (tertiary/aromatic N) is 1. The van der Waals surface area contributed by atoms with Crippen LogP contribution in [-0.2, 0) is 4.79 Å². The van der Waals surface area contributed by atoms with Crippen molar-refractivity contribution in [3.05, 3.63) is 34.8 Å². The number of ketones is 1. The van der Waals surface area contributed by atoms with Crippen LogP contribution in [-0.4, -0.2) is 97.2 Å². The van der Waals surface area contributed by atoms with Crippen LogP contribution in [0.1, 0.15) is 25.7 Å². The number of carbonyl (C=O) groups excluding carboxylic acids is 1. The molecule has 0 saturated heterocycles. The van der Waals surface area contributed by atoms with E-state index in [4.69, 9.17) is 5.73 Å². The fraction of sp³-hybridized carbons (Fsp3) is 0.708. The van der Waals surface area contributed by atoms with E-state index in [2.05, 4.69) is 0 Å². The molecule has 4 aliphatic carbocycles. The van der Waals surface area contributed by atoms with E-state index in [0.29, 0.717) is 25.0 Å². The van der Waals surface area contributed by atoms with Crippen LogP contribution in [0.2, 0.25) is 0 Å². The number of allylic oxidation sites excluding steroid dienone is 2. The lowest BCUT2D eigenvalue weighted by atomic mass is 9.51. The largest absolute Gasteiger partial charge is 0.512 e. The predicted molar refractivity (Wildman–Crippen MR) is 121 cm³/mol. The maximum Gasteiger partial charge on any atom is 0.200 e. The predicted octanol–water partition coefficient (Wildman–Crippen LogP) is -0.916. The van der Waals surface area contributed by atoms with Gasteiger partial charge in [-0.3, -0.25) is 4.79 Å². The van der Waals surface area contributed by atoms with Crippen LogP contribution < -0.4 is 5.73 Å². The highest BCUT2D eigenvalue weighted by Crippen LogP contribution is 2.56. The van der Waals surface area contributed by atoms with E-state index in [0.717, 1.165) is 0 Å². The Balaban J connectivity index is 1.67. The Kier molecular flexibility index (Phi) is 6.71. The summed E-state index contributed by atoms with van der Waals surface area (Å²) in [7, 11) is 3.81. The minimum Gasteiger partial charge on any atom is -0.512 e. The summed E-state index contributed by atoms with van der Waals surface area (Å²) in [5, 5.41) is 75.5. The van der Waals surface area contributed by atoms with Gasteiger partial charge in [-0.25, -0.2) is 0 Å². The first-order valence-corrected chi connectivity index (χ1v) is 11.8. The molecule has 190 valence electrons. The molecule has 0 heterocycles. The SMILES string of the molecule is CN(C)CCC(O)C1C=CC(O)=C2C(O)C3C(O)[C@]4(O)C(=O)C(C(N)O)=C(O)C[C@@H]4C[C@@H]3CC21. The molecule has 0 aromatic carbocycles. The van der Waals surface area contributed by atoms with Gasteiger partial charge in [-0.15, -0.1) is 0 Å². The first-order chi connectivity index (χ1) is 15.9. The number of fused-ring (bicyclic) bond motifs is 3. The Hall–Kier alpha value is -1.79. The number of Topliss-reactive ketones (excluding diaryl/α,β-unsaturated/α-hetero) is 1. The van der Waals surface area contributed by atoms with Gasteiger partial charge in [0.15, 0.2) is 5.60 Å². The molecule has 0 amide bonds. The Morgan fingerprint density at radius 3 is 2.50 bits per heavy atom. The Morgan fingerprint density at radius 2 is 1.88 bits per heavy atom. The lowest BCUT2D eigenvalue weighted by Gasteiger charge is -2.56. The molecule has 0 aromatic heterocycles. The monoisotopic (exact) mass is 480 g/mol. The van der Waals surface area contributed by atoms with Crippen LogP contribution in [0, 0.1) is 29.6 Å². The van der Waals surface area contributed by atoms with Crippen LogP contribution in [0.25, 0.3) is 0 Å². The van der Waals surface area contributed by atoms with Crippen molar-refractivity contribution in [3.8, 4) is 0 Å². The van der Waals surface area contributed by atoms with E-state index < -0.39 is 59.1 Å². The fourth-order valence-electron chi connectivity index (χ4n) is 6.73. The van der Waals surface area contributed by atoms with Crippen molar-refractivity contribution in [2.24, 2.45) is 35.3 Å². The van der Waals surface area contributed by atoms with Gasteiger partial charge in [0.1, 0.15) is 17.7 Å². The number of hydrogen-bond acceptors (Lipinski definition) is 10. The van der Waals surface area contributed by atoms with Crippen LogP contribution >= 0.6 is 0 Å². The van der Waals surface area contributed by atoms with Gasteiger partial charge in [-0.2, -0.15) is 0 Å². The van der Waals surface area contributed by atoms with Crippen LogP contribution in [0.3, 0.4) is 0 Å². The second-order valence-electron chi connectivity index (χ2n) is 10.6. The minimum atomic E-state index is -2.33. The summed E-state index contributed by atoms with van der Waals surface area (Å²) >= 11 is 0. The molecule has 2 saturated carbocycles. The molecule has 2 fully saturated rings. The average Bonchev–Trinajstić information content (AvgIpc) is 2.74. The zero-order valence-electron chi connectivity index (χ0n) is 19.4. The van der Waals surface area contributed by atoms with E-state index in [1.807, 2.05) is 19.0 Å². The summed E-state index contributed by atoms with van der Waals surface area (Å²) in [6, 6.07) is 0. The summed E-state index contributed by atoms with van der Waals surface area (Å²) in [5.41, 5.74) is 2.85. The molecule has 4 rings (SSSR count). The zero-order valence-corrected chi connectivity index (χ0v) is 19.4. The summed E-state index contributed by atoms with van der Waals surface area (Å²) in [6.45, 7) is 0.661. The fourth-order valence-corrected chi connectivity index (χ4v) is 6.73. The minimum absolute atomic E-state index is 0.140. The highest BCUT2D eigenvalue weighted by molar-refractivity contribution is 6.04. The summed E-state index contributed by atoms with van der Waals surface area (Å²) < 4.78 is 0. The van der Waals surface area contributed by atoms with Crippen molar-refractivity contribution in [2.45, 2.75) is 55.8 Å². The molecule has 10 heteroatoms. The molecule has 7 unspecified atom stereocenters. The quantitative estimate of drug-likeness (QED) is 0.229. The lowest BCUT2D eigenvalue weighted by Crippen LogP contribution is -2.68.